The highest BCUT2D eigenvalue weighted by molar-refractivity contribution is 6.39. The summed E-state index contributed by atoms with van der Waals surface area (Å²) in [7, 11) is 4.15. The Morgan fingerprint density at radius 3 is 2.09 bits per heavy atom. The van der Waals surface area contributed by atoms with E-state index in [9.17, 15) is 27.6 Å². The fourth-order valence-corrected chi connectivity index (χ4v) is 3.06. The van der Waals surface area contributed by atoms with Crippen molar-refractivity contribution in [3.8, 4) is 17.2 Å². The Kier molecular flexibility index (Phi) is 6.10. The Morgan fingerprint density at radius 1 is 0.938 bits per heavy atom. The van der Waals surface area contributed by atoms with Gasteiger partial charge in [-0.3, -0.25) is 14.9 Å². The number of alkyl halides is 3. The monoisotopic (exact) mass is 450 g/mol. The molecular weight excluding hydrogens is 433 g/mol. The summed E-state index contributed by atoms with van der Waals surface area (Å²) in [6.07, 6.45) is -3.52. The van der Waals surface area contributed by atoms with Gasteiger partial charge in [-0.2, -0.15) is 13.2 Å². The van der Waals surface area contributed by atoms with Crippen LogP contribution in [-0.4, -0.2) is 39.2 Å². The average molecular weight is 450 g/mol. The summed E-state index contributed by atoms with van der Waals surface area (Å²) in [6, 6.07) is 5.40. The maximum atomic E-state index is 13.1. The van der Waals surface area contributed by atoms with E-state index >= 15 is 0 Å². The molecule has 4 amide bonds. The molecular formula is C21H17F3N2O6. The van der Waals surface area contributed by atoms with E-state index in [2.05, 4.69) is 0 Å². The number of imide groups is 2. The van der Waals surface area contributed by atoms with Crippen molar-refractivity contribution < 1.29 is 41.8 Å². The Hall–Kier alpha value is -4.02. The number of nitrogens with zero attached hydrogens (tertiary/aromatic N) is 1. The van der Waals surface area contributed by atoms with Crippen LogP contribution in [0.5, 0.6) is 17.2 Å². The molecule has 1 aliphatic heterocycles. The first-order valence-corrected chi connectivity index (χ1v) is 8.99. The molecule has 168 valence electrons. The molecule has 8 nitrogen and oxygen atoms in total. The Balaban J connectivity index is 2.07. The van der Waals surface area contributed by atoms with Gasteiger partial charge in [-0.25, -0.2) is 9.69 Å². The molecule has 0 saturated carbocycles. The summed E-state index contributed by atoms with van der Waals surface area (Å²) >= 11 is 0. The fourth-order valence-electron chi connectivity index (χ4n) is 3.06. The van der Waals surface area contributed by atoms with Gasteiger partial charge in [0.1, 0.15) is 5.57 Å². The predicted molar refractivity (Wildman–Crippen MR) is 107 cm³/mol. The Morgan fingerprint density at radius 2 is 1.56 bits per heavy atom. The molecule has 0 atom stereocenters. The van der Waals surface area contributed by atoms with Gasteiger partial charge in [0.25, 0.3) is 11.8 Å². The van der Waals surface area contributed by atoms with Gasteiger partial charge < -0.3 is 14.2 Å². The molecule has 2 aromatic carbocycles. The molecule has 2 aromatic rings. The van der Waals surface area contributed by atoms with Crippen molar-refractivity contribution >= 4 is 29.6 Å². The highest BCUT2D eigenvalue weighted by Crippen LogP contribution is 2.39. The van der Waals surface area contributed by atoms with E-state index in [0.717, 1.165) is 24.3 Å². The third-order valence-corrected chi connectivity index (χ3v) is 4.53. The number of hydrogen-bond acceptors (Lipinski definition) is 6. The lowest BCUT2D eigenvalue weighted by Crippen LogP contribution is -2.54. The van der Waals surface area contributed by atoms with Crippen molar-refractivity contribution in [1.82, 2.24) is 5.32 Å². The minimum Gasteiger partial charge on any atom is -0.493 e. The van der Waals surface area contributed by atoms with Crippen LogP contribution in [0, 0.1) is 0 Å². The fraction of sp³-hybridized carbons (Fsp3) is 0.190. The number of hydrogen-bond donors (Lipinski definition) is 1. The van der Waals surface area contributed by atoms with E-state index in [4.69, 9.17) is 14.2 Å². The minimum absolute atomic E-state index is 0.244. The number of anilines is 1. The van der Waals surface area contributed by atoms with Crippen molar-refractivity contribution in [1.29, 1.82) is 0 Å². The molecule has 32 heavy (non-hydrogen) atoms. The first-order valence-electron chi connectivity index (χ1n) is 8.99. The molecule has 1 aliphatic rings. The van der Waals surface area contributed by atoms with Gasteiger partial charge in [-0.1, -0.05) is 6.07 Å². The van der Waals surface area contributed by atoms with Gasteiger partial charge in [-0.15, -0.1) is 0 Å². The topological polar surface area (TPSA) is 94.2 Å². The molecule has 1 saturated heterocycles. The number of amides is 4. The second kappa shape index (κ2) is 8.61. The summed E-state index contributed by atoms with van der Waals surface area (Å²) in [5.74, 6) is -1.33. The standard InChI is InChI=1S/C21H17F3N2O6/c1-30-15-8-11(9-16(31-2)17(15)32-3)7-14-18(27)25-20(29)26(19(14)28)13-6-4-5-12(10-13)21(22,23)24/h4-10H,1-3H3,(H,25,27,29)/b14-7-. The molecule has 11 heteroatoms. The van der Waals surface area contributed by atoms with Crippen LogP contribution in [-0.2, 0) is 15.8 Å². The van der Waals surface area contributed by atoms with Crippen LogP contribution in [0.4, 0.5) is 23.7 Å². The molecule has 0 radical (unpaired) electrons. The maximum absolute atomic E-state index is 13.1. The normalized spacial score (nSPS) is 15.6. The molecule has 3 rings (SSSR count). The van der Waals surface area contributed by atoms with Gasteiger partial charge >= 0.3 is 12.2 Å². The first-order chi connectivity index (χ1) is 15.1. The van der Waals surface area contributed by atoms with Crippen molar-refractivity contribution in [2.45, 2.75) is 6.18 Å². The number of barbiturate groups is 1. The number of benzene rings is 2. The Labute approximate surface area is 180 Å². The van der Waals surface area contributed by atoms with Gasteiger partial charge in [0.15, 0.2) is 11.5 Å². The number of rotatable bonds is 5. The third-order valence-electron chi connectivity index (χ3n) is 4.53. The lowest BCUT2D eigenvalue weighted by Gasteiger charge is -2.27. The van der Waals surface area contributed by atoms with Crippen molar-refractivity contribution in [3.05, 3.63) is 53.1 Å². The summed E-state index contributed by atoms with van der Waals surface area (Å²) in [6.45, 7) is 0. The maximum Gasteiger partial charge on any atom is 0.416 e. The summed E-state index contributed by atoms with van der Waals surface area (Å²) in [5.41, 5.74) is -1.58. The second-order valence-electron chi connectivity index (χ2n) is 6.46. The number of carbonyl (C=O) groups excluding carboxylic acids is 3. The zero-order valence-electron chi connectivity index (χ0n) is 17.1. The van der Waals surface area contributed by atoms with E-state index in [1.807, 2.05) is 5.32 Å². The third kappa shape index (κ3) is 4.22. The predicted octanol–water partition coefficient (Wildman–Crippen LogP) is 3.40. The second-order valence-corrected chi connectivity index (χ2v) is 6.46. The molecule has 1 N–H and O–H groups in total. The number of urea groups is 1. The van der Waals surface area contributed by atoms with Crippen LogP contribution >= 0.6 is 0 Å². The van der Waals surface area contributed by atoms with E-state index < -0.39 is 35.2 Å². The molecule has 0 bridgehead atoms. The molecule has 0 aromatic heterocycles. The van der Waals surface area contributed by atoms with Crippen LogP contribution < -0.4 is 24.4 Å². The highest BCUT2D eigenvalue weighted by Gasteiger charge is 2.38. The SMILES string of the molecule is COc1cc(/C=C2/C(=O)NC(=O)N(c3cccc(C(F)(F)F)c3)C2=O)cc(OC)c1OC. The molecule has 0 unspecified atom stereocenters. The van der Waals surface area contributed by atoms with Crippen molar-refractivity contribution in [2.75, 3.05) is 26.2 Å². The summed E-state index contributed by atoms with van der Waals surface area (Å²) in [5, 5.41) is 1.96. The largest absolute Gasteiger partial charge is 0.493 e. The molecule has 1 fully saturated rings. The van der Waals surface area contributed by atoms with Crippen LogP contribution in [0.15, 0.2) is 42.0 Å². The van der Waals surface area contributed by atoms with E-state index in [1.54, 1.807) is 0 Å². The van der Waals surface area contributed by atoms with Gasteiger partial charge in [0, 0.05) is 0 Å². The zero-order valence-corrected chi connectivity index (χ0v) is 17.1. The van der Waals surface area contributed by atoms with Gasteiger partial charge in [-0.05, 0) is 42.0 Å². The smallest absolute Gasteiger partial charge is 0.416 e. The number of nitrogens with one attached hydrogen (secondary N) is 1. The number of halogens is 3. The van der Waals surface area contributed by atoms with Crippen LogP contribution in [0.3, 0.4) is 0 Å². The van der Waals surface area contributed by atoms with Crippen molar-refractivity contribution in [3.63, 3.8) is 0 Å². The number of methoxy groups -OCH3 is 3. The average Bonchev–Trinajstić information content (AvgIpc) is 2.75. The minimum atomic E-state index is -4.68. The van der Waals surface area contributed by atoms with Crippen molar-refractivity contribution in [2.24, 2.45) is 0 Å². The molecule has 0 aliphatic carbocycles. The van der Waals surface area contributed by atoms with E-state index in [0.29, 0.717) is 11.0 Å². The van der Waals surface area contributed by atoms with Gasteiger partial charge in [0.2, 0.25) is 5.75 Å². The summed E-state index contributed by atoms with van der Waals surface area (Å²) < 4.78 is 54.8. The Bertz CT molecular complexity index is 1100. The molecule has 1 heterocycles. The van der Waals surface area contributed by atoms with Gasteiger partial charge in [0.05, 0.1) is 32.6 Å². The lowest BCUT2D eigenvalue weighted by atomic mass is 10.1. The van der Waals surface area contributed by atoms with E-state index in [1.165, 1.54) is 33.5 Å². The summed E-state index contributed by atoms with van der Waals surface area (Å²) in [4.78, 5) is 38.0. The quantitative estimate of drug-likeness (QED) is 0.555. The van der Waals surface area contributed by atoms with Crippen LogP contribution in [0.2, 0.25) is 0 Å². The zero-order chi connectivity index (χ0) is 23.6. The highest BCUT2D eigenvalue weighted by atomic mass is 19.4. The van der Waals surface area contributed by atoms with Crippen LogP contribution in [0.1, 0.15) is 11.1 Å². The first kappa shape index (κ1) is 22.7. The number of ether oxygens (including phenoxy) is 3. The molecule has 0 spiro atoms. The van der Waals surface area contributed by atoms with Crippen LogP contribution in [0.25, 0.3) is 6.08 Å². The number of carbonyl (C=O) groups is 3. The lowest BCUT2D eigenvalue weighted by molar-refractivity contribution is -0.137. The van der Waals surface area contributed by atoms with E-state index in [-0.39, 0.29) is 28.5 Å².